The molecule has 4 rings (SSSR count). The highest BCUT2D eigenvalue weighted by atomic mass is 32.1. The summed E-state index contributed by atoms with van der Waals surface area (Å²) in [7, 11) is 1.36. The average Bonchev–Trinajstić information content (AvgIpc) is 3.16. The van der Waals surface area contributed by atoms with Gasteiger partial charge in [-0.1, -0.05) is 0 Å². The number of ether oxygens (including phenoxy) is 1. The van der Waals surface area contributed by atoms with Crippen molar-refractivity contribution in [2.24, 2.45) is 0 Å². The van der Waals surface area contributed by atoms with Crippen LogP contribution >= 0.6 is 11.3 Å². The molecule has 2 aromatic heterocycles. The molecule has 1 N–H and O–H groups in total. The third kappa shape index (κ3) is 4.75. The topological polar surface area (TPSA) is 105 Å². The van der Waals surface area contributed by atoms with E-state index < -0.39 is 5.97 Å². The number of hydrogen-bond donors (Lipinski definition) is 1. The van der Waals surface area contributed by atoms with Crippen molar-refractivity contribution in [3.05, 3.63) is 40.3 Å². The predicted octanol–water partition coefficient (Wildman–Crippen LogP) is 1.60. The van der Waals surface area contributed by atoms with E-state index in [0.717, 1.165) is 36.1 Å². The molecule has 1 saturated heterocycles. The number of rotatable bonds is 5. The van der Waals surface area contributed by atoms with E-state index >= 15 is 0 Å². The van der Waals surface area contributed by atoms with Crippen LogP contribution in [0.4, 0.5) is 5.00 Å². The zero-order valence-corrected chi connectivity index (χ0v) is 18.2. The first kappa shape index (κ1) is 21.4. The Balaban J connectivity index is 1.35. The molecule has 0 saturated carbocycles. The number of amides is 2. The smallest absolute Gasteiger partial charge is 0.341 e. The van der Waals surface area contributed by atoms with Crippen molar-refractivity contribution >= 4 is 34.1 Å². The molecule has 1 aliphatic heterocycles. The van der Waals surface area contributed by atoms with Gasteiger partial charge >= 0.3 is 5.97 Å². The average molecular weight is 444 g/mol. The summed E-state index contributed by atoms with van der Waals surface area (Å²) in [6.45, 7) is 2.41. The van der Waals surface area contributed by atoms with Crippen LogP contribution in [0, 0.1) is 0 Å². The number of fused-ring (bicyclic) bond motifs is 1. The summed E-state index contributed by atoms with van der Waals surface area (Å²) >= 11 is 1.48. The Morgan fingerprint density at radius 3 is 2.61 bits per heavy atom. The molecule has 31 heavy (non-hydrogen) atoms. The van der Waals surface area contributed by atoms with Gasteiger partial charge in [0.2, 0.25) is 5.91 Å². The van der Waals surface area contributed by atoms with E-state index in [-0.39, 0.29) is 18.4 Å². The molecule has 0 aromatic carbocycles. The third-order valence-corrected chi connectivity index (χ3v) is 6.83. The van der Waals surface area contributed by atoms with Crippen molar-refractivity contribution in [3.63, 3.8) is 0 Å². The van der Waals surface area contributed by atoms with Crippen molar-refractivity contribution in [1.82, 2.24) is 19.8 Å². The van der Waals surface area contributed by atoms with Gasteiger partial charge in [0.25, 0.3) is 5.91 Å². The number of anilines is 1. The van der Waals surface area contributed by atoms with Gasteiger partial charge in [0.05, 0.1) is 25.4 Å². The molecule has 2 aliphatic rings. The fourth-order valence-electron chi connectivity index (χ4n) is 4.02. The summed E-state index contributed by atoms with van der Waals surface area (Å²) in [6.07, 6.45) is 8.40. The van der Waals surface area contributed by atoms with Crippen LogP contribution in [0.5, 0.6) is 0 Å². The molecule has 3 heterocycles. The van der Waals surface area contributed by atoms with Crippen molar-refractivity contribution < 1.29 is 19.1 Å². The number of methoxy groups -OCH3 is 1. The summed E-state index contributed by atoms with van der Waals surface area (Å²) in [5, 5.41) is 3.51. The van der Waals surface area contributed by atoms with E-state index in [1.165, 1.54) is 37.0 Å². The summed E-state index contributed by atoms with van der Waals surface area (Å²) in [5.74, 6) is -0.715. The maximum absolute atomic E-state index is 12.7. The molecule has 0 bridgehead atoms. The zero-order valence-electron chi connectivity index (χ0n) is 17.4. The quantitative estimate of drug-likeness (QED) is 0.700. The molecule has 164 valence electrons. The SMILES string of the molecule is COC(=O)c1c(NC(=O)CN2CCN(C(=O)c3cnccn3)CC2)sc2c1CCCC2. The summed E-state index contributed by atoms with van der Waals surface area (Å²) < 4.78 is 4.96. The highest BCUT2D eigenvalue weighted by molar-refractivity contribution is 7.17. The Morgan fingerprint density at radius 2 is 1.90 bits per heavy atom. The Labute approximate surface area is 184 Å². The molecule has 1 fully saturated rings. The molecule has 9 nitrogen and oxygen atoms in total. The van der Waals surface area contributed by atoms with Crippen LogP contribution < -0.4 is 5.32 Å². The van der Waals surface area contributed by atoms with Crippen LogP contribution in [0.3, 0.4) is 0 Å². The molecular weight excluding hydrogens is 418 g/mol. The number of hydrogen-bond acceptors (Lipinski definition) is 8. The van der Waals surface area contributed by atoms with Crippen LogP contribution in [0.1, 0.15) is 44.1 Å². The lowest BCUT2D eigenvalue weighted by molar-refractivity contribution is -0.117. The van der Waals surface area contributed by atoms with Crippen LogP contribution in [-0.4, -0.2) is 77.4 Å². The number of piperazine rings is 1. The van der Waals surface area contributed by atoms with Gasteiger partial charge in [-0.05, 0) is 31.2 Å². The summed E-state index contributed by atoms with van der Waals surface area (Å²) in [4.78, 5) is 50.4. The van der Waals surface area contributed by atoms with Gasteiger partial charge in [-0.15, -0.1) is 11.3 Å². The lowest BCUT2D eigenvalue weighted by Crippen LogP contribution is -2.50. The second-order valence-electron chi connectivity index (χ2n) is 7.61. The fraction of sp³-hybridized carbons (Fsp3) is 0.476. The number of carbonyl (C=O) groups is 3. The summed E-state index contributed by atoms with van der Waals surface area (Å²) in [6, 6.07) is 0. The minimum atomic E-state index is -0.397. The van der Waals surface area contributed by atoms with Crippen LogP contribution in [0.25, 0.3) is 0 Å². The highest BCUT2D eigenvalue weighted by Gasteiger charge is 2.28. The van der Waals surface area contributed by atoms with E-state index in [0.29, 0.717) is 42.4 Å². The first-order valence-corrected chi connectivity index (χ1v) is 11.2. The molecule has 0 radical (unpaired) electrons. The van der Waals surface area contributed by atoms with Crippen LogP contribution in [-0.2, 0) is 22.4 Å². The number of carbonyl (C=O) groups excluding carboxylic acids is 3. The van der Waals surface area contributed by atoms with Gasteiger partial charge in [-0.2, -0.15) is 0 Å². The monoisotopic (exact) mass is 443 g/mol. The normalized spacial score (nSPS) is 16.5. The number of thiophene rings is 1. The first-order chi connectivity index (χ1) is 15.1. The van der Waals surface area contributed by atoms with Gasteiger partial charge in [0.15, 0.2) is 0 Å². The van der Waals surface area contributed by atoms with Crippen LogP contribution in [0.2, 0.25) is 0 Å². The minimum absolute atomic E-state index is 0.149. The molecule has 2 amide bonds. The highest BCUT2D eigenvalue weighted by Crippen LogP contribution is 2.38. The molecule has 0 atom stereocenters. The molecule has 0 unspecified atom stereocenters. The summed E-state index contributed by atoms with van der Waals surface area (Å²) in [5.41, 5.74) is 1.86. The molecule has 2 aromatic rings. The molecule has 1 aliphatic carbocycles. The van der Waals surface area contributed by atoms with Gasteiger partial charge in [0.1, 0.15) is 10.7 Å². The number of nitrogens with one attached hydrogen (secondary N) is 1. The predicted molar refractivity (Wildman–Crippen MR) is 115 cm³/mol. The largest absolute Gasteiger partial charge is 0.465 e. The first-order valence-electron chi connectivity index (χ1n) is 10.4. The molecule has 10 heteroatoms. The Kier molecular flexibility index (Phi) is 6.57. The Morgan fingerprint density at radius 1 is 1.13 bits per heavy atom. The third-order valence-electron chi connectivity index (χ3n) is 5.62. The molecular formula is C21H25N5O4S. The van der Waals surface area contributed by atoms with Gasteiger partial charge in [-0.25, -0.2) is 9.78 Å². The minimum Gasteiger partial charge on any atom is -0.465 e. The maximum atomic E-state index is 12.7. The standard InChI is InChI=1S/C21H25N5O4S/c1-30-21(29)18-14-4-2-3-5-16(14)31-19(18)24-17(27)13-25-8-10-26(11-9-25)20(28)15-12-22-6-7-23-15/h6-7,12H,2-5,8-11,13H2,1H3,(H,24,27). The fourth-order valence-corrected chi connectivity index (χ4v) is 5.32. The van der Waals surface area contributed by atoms with Crippen molar-refractivity contribution in [2.75, 3.05) is 45.2 Å². The number of aromatic nitrogens is 2. The Hall–Kier alpha value is -2.85. The lowest BCUT2D eigenvalue weighted by atomic mass is 9.95. The van der Waals surface area contributed by atoms with Crippen LogP contribution in [0.15, 0.2) is 18.6 Å². The van der Waals surface area contributed by atoms with E-state index in [4.69, 9.17) is 4.74 Å². The van der Waals surface area contributed by atoms with Crippen molar-refractivity contribution in [3.8, 4) is 0 Å². The molecule has 0 spiro atoms. The van der Waals surface area contributed by atoms with Gasteiger partial charge in [-0.3, -0.25) is 19.5 Å². The van der Waals surface area contributed by atoms with E-state index in [9.17, 15) is 14.4 Å². The second-order valence-corrected chi connectivity index (χ2v) is 8.72. The lowest BCUT2D eigenvalue weighted by Gasteiger charge is -2.34. The number of aryl methyl sites for hydroxylation is 1. The second kappa shape index (κ2) is 9.52. The van der Waals surface area contributed by atoms with Crippen molar-refractivity contribution in [1.29, 1.82) is 0 Å². The number of esters is 1. The van der Waals surface area contributed by atoms with E-state index in [1.54, 1.807) is 4.90 Å². The van der Waals surface area contributed by atoms with Crippen molar-refractivity contribution in [2.45, 2.75) is 25.7 Å². The van der Waals surface area contributed by atoms with E-state index in [1.807, 2.05) is 4.90 Å². The zero-order chi connectivity index (χ0) is 21.8. The number of nitrogens with zero attached hydrogens (tertiary/aromatic N) is 4. The van der Waals surface area contributed by atoms with Gasteiger partial charge in [0, 0.05) is 43.4 Å². The Bertz CT molecular complexity index is 970. The maximum Gasteiger partial charge on any atom is 0.341 e. The van der Waals surface area contributed by atoms with E-state index in [2.05, 4.69) is 15.3 Å². The van der Waals surface area contributed by atoms with Gasteiger partial charge < -0.3 is 15.0 Å².